The summed E-state index contributed by atoms with van der Waals surface area (Å²) < 4.78 is 1.69. The van der Waals surface area contributed by atoms with Crippen LogP contribution in [0, 0.1) is 0 Å². The Bertz CT molecular complexity index is 663. The van der Waals surface area contributed by atoms with E-state index in [0.29, 0.717) is 24.5 Å². The molecule has 2 amide bonds. The molecule has 0 radical (unpaired) electrons. The van der Waals surface area contributed by atoms with E-state index in [-0.39, 0.29) is 18.7 Å². The number of carbonyl (C=O) groups is 1. The van der Waals surface area contributed by atoms with Gasteiger partial charge in [-0.15, -0.1) is 6.58 Å². The SMILES string of the molecule is C=CCON1C(=O)N2CC(n3ccc(/C(C)=N\O)n3)=CC1C2. The third-order valence-corrected chi connectivity index (χ3v) is 3.64. The van der Waals surface area contributed by atoms with Crippen LogP contribution < -0.4 is 0 Å². The maximum atomic E-state index is 12.2. The first-order valence-corrected chi connectivity index (χ1v) is 6.91. The van der Waals surface area contributed by atoms with E-state index < -0.39 is 0 Å². The largest absolute Gasteiger partial charge is 0.411 e. The third-order valence-electron chi connectivity index (χ3n) is 3.64. The lowest BCUT2D eigenvalue weighted by Gasteiger charge is -2.21. The molecule has 1 saturated heterocycles. The molecule has 1 aromatic heterocycles. The molecule has 1 atom stereocenters. The summed E-state index contributed by atoms with van der Waals surface area (Å²) in [7, 11) is 0. The quantitative estimate of drug-likeness (QED) is 0.383. The molecule has 1 aromatic rings. The van der Waals surface area contributed by atoms with Crippen molar-refractivity contribution in [2.45, 2.75) is 13.0 Å². The number of oxime groups is 1. The zero-order chi connectivity index (χ0) is 15.7. The van der Waals surface area contributed by atoms with Crippen LogP contribution >= 0.6 is 0 Å². The second-order valence-corrected chi connectivity index (χ2v) is 5.13. The number of rotatable bonds is 5. The van der Waals surface area contributed by atoms with Crippen molar-refractivity contribution in [1.29, 1.82) is 0 Å². The van der Waals surface area contributed by atoms with E-state index >= 15 is 0 Å². The van der Waals surface area contributed by atoms with Crippen molar-refractivity contribution < 1.29 is 14.8 Å². The Labute approximate surface area is 127 Å². The number of carbonyl (C=O) groups excluding carboxylic acids is 1. The summed E-state index contributed by atoms with van der Waals surface area (Å²) >= 11 is 0. The fraction of sp³-hybridized carbons (Fsp3) is 0.357. The summed E-state index contributed by atoms with van der Waals surface area (Å²) in [5.41, 5.74) is 1.90. The lowest BCUT2D eigenvalue weighted by Crippen LogP contribution is -2.33. The van der Waals surface area contributed by atoms with Crippen LogP contribution in [0.3, 0.4) is 0 Å². The van der Waals surface area contributed by atoms with Crippen molar-refractivity contribution in [2.75, 3.05) is 19.7 Å². The van der Waals surface area contributed by atoms with Crippen LogP contribution in [0.25, 0.3) is 5.70 Å². The van der Waals surface area contributed by atoms with E-state index in [1.54, 1.807) is 34.8 Å². The van der Waals surface area contributed by atoms with Gasteiger partial charge < -0.3 is 10.1 Å². The maximum absolute atomic E-state index is 12.2. The number of hydrogen-bond donors (Lipinski definition) is 1. The molecule has 116 valence electrons. The Morgan fingerprint density at radius 3 is 3.23 bits per heavy atom. The summed E-state index contributed by atoms with van der Waals surface area (Å²) in [6, 6.07) is 1.46. The molecule has 8 nitrogen and oxygen atoms in total. The Hall–Kier alpha value is -2.61. The molecule has 3 heterocycles. The molecule has 2 bridgehead atoms. The summed E-state index contributed by atoms with van der Waals surface area (Å²) in [6.45, 7) is 6.60. The molecule has 0 saturated carbocycles. The van der Waals surface area contributed by atoms with Crippen molar-refractivity contribution in [3.05, 3.63) is 36.7 Å². The van der Waals surface area contributed by atoms with Gasteiger partial charge in [0.2, 0.25) is 0 Å². The van der Waals surface area contributed by atoms with E-state index in [1.165, 1.54) is 5.06 Å². The van der Waals surface area contributed by atoms with E-state index in [4.69, 9.17) is 10.0 Å². The first-order valence-electron chi connectivity index (χ1n) is 6.91. The van der Waals surface area contributed by atoms with Gasteiger partial charge in [-0.05, 0) is 19.1 Å². The van der Waals surface area contributed by atoms with Gasteiger partial charge in [0.25, 0.3) is 0 Å². The molecule has 0 aromatic carbocycles. The van der Waals surface area contributed by atoms with E-state index in [9.17, 15) is 4.79 Å². The van der Waals surface area contributed by atoms with Crippen molar-refractivity contribution >= 4 is 17.4 Å². The van der Waals surface area contributed by atoms with E-state index in [2.05, 4.69) is 16.8 Å². The predicted octanol–water partition coefficient (Wildman–Crippen LogP) is 1.16. The van der Waals surface area contributed by atoms with Gasteiger partial charge in [0, 0.05) is 12.7 Å². The number of aromatic nitrogens is 2. The molecule has 2 aliphatic rings. The number of hydroxylamine groups is 2. The topological polar surface area (TPSA) is 83.2 Å². The van der Waals surface area contributed by atoms with Gasteiger partial charge in [0.1, 0.15) is 11.4 Å². The highest BCUT2D eigenvalue weighted by Gasteiger charge is 2.41. The van der Waals surface area contributed by atoms with Gasteiger partial charge in [0.05, 0.1) is 24.9 Å². The van der Waals surface area contributed by atoms with E-state index in [0.717, 1.165) is 5.70 Å². The molecule has 2 aliphatic heterocycles. The number of hydrogen-bond acceptors (Lipinski definition) is 5. The van der Waals surface area contributed by atoms with Gasteiger partial charge in [-0.25, -0.2) is 9.48 Å². The van der Waals surface area contributed by atoms with Crippen molar-refractivity contribution in [1.82, 2.24) is 19.7 Å². The van der Waals surface area contributed by atoms with Crippen LogP contribution in [0.1, 0.15) is 12.6 Å². The number of fused-ring (bicyclic) bond motifs is 2. The molecule has 0 spiro atoms. The highest BCUT2D eigenvalue weighted by atomic mass is 16.7. The van der Waals surface area contributed by atoms with Gasteiger partial charge in [-0.2, -0.15) is 10.2 Å². The Morgan fingerprint density at radius 2 is 2.50 bits per heavy atom. The van der Waals surface area contributed by atoms with Crippen molar-refractivity contribution in [3.8, 4) is 0 Å². The summed E-state index contributed by atoms with van der Waals surface area (Å²) in [4.78, 5) is 19.3. The fourth-order valence-corrected chi connectivity index (χ4v) is 2.54. The lowest BCUT2D eigenvalue weighted by molar-refractivity contribution is -0.107. The summed E-state index contributed by atoms with van der Waals surface area (Å²) in [5.74, 6) is 0. The van der Waals surface area contributed by atoms with Crippen LogP contribution in [0.15, 0.2) is 36.1 Å². The molecule has 1 N–H and O–H groups in total. The van der Waals surface area contributed by atoms with Gasteiger partial charge >= 0.3 is 6.03 Å². The minimum Gasteiger partial charge on any atom is -0.411 e. The molecule has 3 rings (SSSR count). The normalized spacial score (nSPS) is 21.3. The standard InChI is InChI=1S/C14H17N5O3/c1-3-6-22-19-12-7-11(8-17(9-12)14(19)20)18-5-4-13(15-18)10(2)16-21/h3-5,7,12,21H,1,6,8-9H2,2H3/b16-10-. The molecule has 1 fully saturated rings. The predicted molar refractivity (Wildman–Crippen MR) is 79.2 cm³/mol. The monoisotopic (exact) mass is 303 g/mol. The number of nitrogens with zero attached hydrogens (tertiary/aromatic N) is 5. The molecular formula is C14H17N5O3. The van der Waals surface area contributed by atoms with E-state index in [1.807, 2.05) is 6.08 Å². The van der Waals surface area contributed by atoms with Crippen LogP contribution in [-0.2, 0) is 4.84 Å². The highest BCUT2D eigenvalue weighted by molar-refractivity contribution is 5.96. The van der Waals surface area contributed by atoms with Gasteiger partial charge in [-0.1, -0.05) is 11.2 Å². The van der Waals surface area contributed by atoms with Crippen LogP contribution in [0.2, 0.25) is 0 Å². The first kappa shape index (κ1) is 14.3. The molecule has 22 heavy (non-hydrogen) atoms. The third kappa shape index (κ3) is 2.37. The molecule has 8 heteroatoms. The average Bonchev–Trinajstić information content (AvgIpc) is 3.10. The van der Waals surface area contributed by atoms with Crippen LogP contribution in [0.5, 0.6) is 0 Å². The molecule has 0 aliphatic carbocycles. The first-order chi connectivity index (χ1) is 10.6. The Kier molecular flexibility index (Phi) is 3.68. The summed E-state index contributed by atoms with van der Waals surface area (Å²) in [5, 5.41) is 17.7. The Balaban J connectivity index is 1.83. The summed E-state index contributed by atoms with van der Waals surface area (Å²) in [6.07, 6.45) is 5.35. The minimum absolute atomic E-state index is 0.142. The lowest BCUT2D eigenvalue weighted by atomic mass is 10.2. The molecule has 1 unspecified atom stereocenters. The maximum Gasteiger partial charge on any atom is 0.345 e. The zero-order valence-corrected chi connectivity index (χ0v) is 12.2. The van der Waals surface area contributed by atoms with Crippen molar-refractivity contribution in [3.63, 3.8) is 0 Å². The molecular weight excluding hydrogens is 286 g/mol. The second-order valence-electron chi connectivity index (χ2n) is 5.13. The number of amides is 2. The average molecular weight is 303 g/mol. The highest BCUT2D eigenvalue weighted by Crippen LogP contribution is 2.26. The smallest absolute Gasteiger partial charge is 0.345 e. The van der Waals surface area contributed by atoms with Crippen LogP contribution in [-0.4, -0.2) is 62.4 Å². The van der Waals surface area contributed by atoms with Gasteiger partial charge in [0.15, 0.2) is 0 Å². The fourth-order valence-electron chi connectivity index (χ4n) is 2.54. The Morgan fingerprint density at radius 1 is 1.68 bits per heavy atom. The van der Waals surface area contributed by atoms with Gasteiger partial charge in [-0.3, -0.25) is 4.84 Å². The minimum atomic E-state index is -0.154. The van der Waals surface area contributed by atoms with Crippen LogP contribution in [0.4, 0.5) is 4.79 Å². The van der Waals surface area contributed by atoms with Crippen molar-refractivity contribution in [2.24, 2.45) is 5.16 Å². The zero-order valence-electron chi connectivity index (χ0n) is 12.2. The second kappa shape index (κ2) is 5.64. The number of urea groups is 1.